The molecular formula is C14H11N5O2S. The first kappa shape index (κ1) is 14.0. The fourth-order valence-corrected chi connectivity index (χ4v) is 2.44. The smallest absolute Gasteiger partial charge is 0.277 e. The lowest BCUT2D eigenvalue weighted by Crippen LogP contribution is -2.13. The summed E-state index contributed by atoms with van der Waals surface area (Å²) in [7, 11) is 0. The van der Waals surface area contributed by atoms with Crippen LogP contribution in [0.5, 0.6) is 0 Å². The quantitative estimate of drug-likeness (QED) is 0.764. The van der Waals surface area contributed by atoms with Gasteiger partial charge in [-0.2, -0.15) is 5.10 Å². The minimum Gasteiger partial charge on any atom is -0.365 e. The molecule has 22 heavy (non-hydrogen) atoms. The average Bonchev–Trinajstić information content (AvgIpc) is 3.17. The number of para-hydroxylation sites is 1. The minimum absolute atomic E-state index is 0.250. The molecule has 1 aromatic carbocycles. The van der Waals surface area contributed by atoms with Gasteiger partial charge in [-0.25, -0.2) is 9.67 Å². The summed E-state index contributed by atoms with van der Waals surface area (Å²) in [6.45, 7) is 0. The van der Waals surface area contributed by atoms with Gasteiger partial charge in [-0.15, -0.1) is 0 Å². The van der Waals surface area contributed by atoms with E-state index >= 15 is 0 Å². The molecule has 0 saturated heterocycles. The van der Waals surface area contributed by atoms with Gasteiger partial charge in [0.15, 0.2) is 10.8 Å². The molecular weight excluding hydrogens is 302 g/mol. The number of nitrogens with zero attached hydrogens (tertiary/aromatic N) is 3. The summed E-state index contributed by atoms with van der Waals surface area (Å²) in [6.07, 6.45) is 3.02. The number of carbonyl (C=O) groups is 2. The van der Waals surface area contributed by atoms with E-state index in [-0.39, 0.29) is 10.6 Å². The van der Waals surface area contributed by atoms with Crippen molar-refractivity contribution in [2.45, 2.75) is 0 Å². The molecule has 0 unspecified atom stereocenters. The number of carbonyl (C=O) groups excluding carboxylic acids is 2. The van der Waals surface area contributed by atoms with E-state index in [0.29, 0.717) is 5.13 Å². The second kappa shape index (κ2) is 5.78. The Balaban J connectivity index is 1.75. The van der Waals surface area contributed by atoms with Gasteiger partial charge in [0.1, 0.15) is 4.88 Å². The molecule has 0 fully saturated rings. The first-order valence-electron chi connectivity index (χ1n) is 6.31. The molecule has 2 aromatic heterocycles. The normalized spacial score (nSPS) is 10.4. The zero-order valence-corrected chi connectivity index (χ0v) is 12.1. The number of hydrogen-bond donors (Lipinski definition) is 2. The van der Waals surface area contributed by atoms with Crippen LogP contribution in [-0.2, 0) is 0 Å². The van der Waals surface area contributed by atoms with Gasteiger partial charge < -0.3 is 5.73 Å². The molecule has 3 N–H and O–H groups in total. The fraction of sp³-hybridized carbons (Fsp3) is 0. The highest BCUT2D eigenvalue weighted by Crippen LogP contribution is 2.18. The van der Waals surface area contributed by atoms with Crippen molar-refractivity contribution in [1.29, 1.82) is 0 Å². The van der Waals surface area contributed by atoms with Crippen molar-refractivity contribution < 1.29 is 9.59 Å². The van der Waals surface area contributed by atoms with Crippen LogP contribution in [0.25, 0.3) is 5.69 Å². The Labute approximate surface area is 129 Å². The van der Waals surface area contributed by atoms with Gasteiger partial charge in [-0.1, -0.05) is 29.5 Å². The van der Waals surface area contributed by atoms with E-state index in [1.54, 1.807) is 16.9 Å². The van der Waals surface area contributed by atoms with E-state index in [1.807, 2.05) is 30.3 Å². The Kier molecular flexibility index (Phi) is 3.67. The fourth-order valence-electron chi connectivity index (χ4n) is 1.78. The van der Waals surface area contributed by atoms with Crippen molar-refractivity contribution in [3.8, 4) is 5.69 Å². The summed E-state index contributed by atoms with van der Waals surface area (Å²) in [5, 5.41) is 7.09. The highest BCUT2D eigenvalue weighted by Gasteiger charge is 2.13. The van der Waals surface area contributed by atoms with Crippen molar-refractivity contribution >= 4 is 28.3 Å². The number of rotatable bonds is 4. The average molecular weight is 313 g/mol. The van der Waals surface area contributed by atoms with Gasteiger partial charge in [-0.05, 0) is 18.2 Å². The van der Waals surface area contributed by atoms with Gasteiger partial charge in [0, 0.05) is 6.20 Å². The highest BCUT2D eigenvalue weighted by atomic mass is 32.1. The molecule has 0 aliphatic heterocycles. The van der Waals surface area contributed by atoms with Gasteiger partial charge in [0.2, 0.25) is 0 Å². The van der Waals surface area contributed by atoms with E-state index in [1.165, 1.54) is 6.20 Å². The molecule has 2 heterocycles. The number of nitrogens with one attached hydrogen (secondary N) is 1. The Morgan fingerprint density at radius 1 is 1.18 bits per heavy atom. The third-order valence-electron chi connectivity index (χ3n) is 2.81. The molecule has 110 valence electrons. The Morgan fingerprint density at radius 2 is 1.95 bits per heavy atom. The summed E-state index contributed by atoms with van der Waals surface area (Å²) < 4.78 is 1.60. The maximum atomic E-state index is 12.1. The molecule has 3 aromatic rings. The molecule has 0 atom stereocenters. The maximum absolute atomic E-state index is 12.1. The second-order valence-electron chi connectivity index (χ2n) is 4.33. The Hall–Kier alpha value is -3.00. The van der Waals surface area contributed by atoms with Gasteiger partial charge in [-0.3, -0.25) is 14.9 Å². The standard InChI is InChI=1S/C14H11N5O2S/c15-12(20)11-8-16-14(22-11)17-13(21)10-6-7-19(18-10)9-4-2-1-3-5-9/h1-8H,(H2,15,20)(H,16,17,21). The highest BCUT2D eigenvalue weighted by molar-refractivity contribution is 7.17. The van der Waals surface area contributed by atoms with Crippen LogP contribution in [0.3, 0.4) is 0 Å². The summed E-state index contributed by atoms with van der Waals surface area (Å²) in [5.41, 5.74) is 6.24. The summed E-state index contributed by atoms with van der Waals surface area (Å²) in [6, 6.07) is 11.0. The lowest BCUT2D eigenvalue weighted by atomic mass is 10.3. The van der Waals surface area contributed by atoms with E-state index in [0.717, 1.165) is 17.0 Å². The van der Waals surface area contributed by atoms with Crippen LogP contribution in [0.4, 0.5) is 5.13 Å². The summed E-state index contributed by atoms with van der Waals surface area (Å²) in [4.78, 5) is 27.3. The molecule has 3 rings (SSSR count). The lowest BCUT2D eigenvalue weighted by Gasteiger charge is -2.00. The molecule has 0 radical (unpaired) electrons. The van der Waals surface area contributed by atoms with Crippen molar-refractivity contribution in [2.24, 2.45) is 5.73 Å². The Bertz CT molecular complexity index is 825. The molecule has 0 aliphatic carbocycles. The zero-order chi connectivity index (χ0) is 15.5. The van der Waals surface area contributed by atoms with Crippen molar-refractivity contribution in [3.05, 3.63) is 59.4 Å². The number of amides is 2. The van der Waals surface area contributed by atoms with Crippen molar-refractivity contribution in [3.63, 3.8) is 0 Å². The van der Waals surface area contributed by atoms with Crippen LogP contribution in [0.1, 0.15) is 20.2 Å². The molecule has 2 amide bonds. The molecule has 7 nitrogen and oxygen atoms in total. The number of thiazole rings is 1. The third-order valence-corrected chi connectivity index (χ3v) is 3.74. The maximum Gasteiger partial charge on any atom is 0.277 e. The van der Waals surface area contributed by atoms with Crippen LogP contribution in [0.2, 0.25) is 0 Å². The summed E-state index contributed by atoms with van der Waals surface area (Å²) in [5.74, 6) is -0.980. The van der Waals surface area contributed by atoms with Crippen LogP contribution < -0.4 is 11.1 Å². The van der Waals surface area contributed by atoms with Gasteiger partial charge in [0.25, 0.3) is 11.8 Å². The van der Waals surface area contributed by atoms with Crippen LogP contribution in [0.15, 0.2) is 48.8 Å². The van der Waals surface area contributed by atoms with Crippen LogP contribution in [0, 0.1) is 0 Å². The molecule has 0 aliphatic rings. The molecule has 0 bridgehead atoms. The second-order valence-corrected chi connectivity index (χ2v) is 5.36. The molecule has 8 heteroatoms. The van der Waals surface area contributed by atoms with Crippen molar-refractivity contribution in [2.75, 3.05) is 5.32 Å². The Morgan fingerprint density at radius 3 is 2.64 bits per heavy atom. The SMILES string of the molecule is NC(=O)c1cnc(NC(=O)c2ccn(-c3ccccc3)n2)s1. The molecule has 0 spiro atoms. The van der Waals surface area contributed by atoms with Gasteiger partial charge >= 0.3 is 0 Å². The number of aromatic nitrogens is 3. The zero-order valence-electron chi connectivity index (χ0n) is 11.3. The minimum atomic E-state index is -0.577. The number of hydrogen-bond acceptors (Lipinski definition) is 5. The topological polar surface area (TPSA) is 103 Å². The van der Waals surface area contributed by atoms with Crippen LogP contribution in [-0.4, -0.2) is 26.6 Å². The van der Waals surface area contributed by atoms with E-state index in [2.05, 4.69) is 15.4 Å². The number of anilines is 1. The predicted octanol–water partition coefficient (Wildman–Crippen LogP) is 1.68. The van der Waals surface area contributed by atoms with E-state index in [9.17, 15) is 9.59 Å². The van der Waals surface area contributed by atoms with Crippen LogP contribution >= 0.6 is 11.3 Å². The molecule has 0 saturated carbocycles. The van der Waals surface area contributed by atoms with Gasteiger partial charge in [0.05, 0.1) is 11.9 Å². The first-order chi connectivity index (χ1) is 10.6. The largest absolute Gasteiger partial charge is 0.365 e. The lowest BCUT2D eigenvalue weighted by molar-refractivity contribution is 0.1000. The predicted molar refractivity (Wildman–Crippen MR) is 82.1 cm³/mol. The summed E-state index contributed by atoms with van der Waals surface area (Å²) >= 11 is 1.01. The monoisotopic (exact) mass is 313 g/mol. The number of nitrogens with two attached hydrogens (primary N) is 1. The van der Waals surface area contributed by atoms with E-state index < -0.39 is 11.8 Å². The third kappa shape index (κ3) is 2.86. The number of primary amides is 1. The van der Waals surface area contributed by atoms with Crippen molar-refractivity contribution in [1.82, 2.24) is 14.8 Å². The number of benzene rings is 1. The first-order valence-corrected chi connectivity index (χ1v) is 7.13. The van der Waals surface area contributed by atoms with E-state index in [4.69, 9.17) is 5.73 Å².